The molecule has 1 N–H and O–H groups in total. The molecule has 0 aliphatic carbocycles. The van der Waals surface area contributed by atoms with Crippen molar-refractivity contribution in [1.29, 1.82) is 0 Å². The number of para-hydroxylation sites is 1. The number of aliphatic carboxylic acids is 1. The van der Waals surface area contributed by atoms with Crippen LogP contribution in [-0.4, -0.2) is 26.0 Å². The largest absolute Gasteiger partial charge is 0.481 e. The quantitative estimate of drug-likeness (QED) is 0.784. The van der Waals surface area contributed by atoms with E-state index in [1.807, 2.05) is 24.3 Å². The van der Waals surface area contributed by atoms with Crippen molar-refractivity contribution in [2.75, 3.05) is 10.8 Å². The van der Waals surface area contributed by atoms with Crippen LogP contribution in [0.4, 0.5) is 5.69 Å². The minimum Gasteiger partial charge on any atom is -0.481 e. The van der Waals surface area contributed by atoms with Gasteiger partial charge in [-0.05, 0) is 34.5 Å². The fourth-order valence-electron chi connectivity index (χ4n) is 3.27. The summed E-state index contributed by atoms with van der Waals surface area (Å²) in [5.74, 6) is -1.88. The molecule has 0 saturated carbocycles. The fourth-order valence-corrected chi connectivity index (χ4v) is 4.81. The third-order valence-corrected chi connectivity index (χ3v) is 6.31. The zero-order chi connectivity index (χ0) is 17.6. The van der Waals surface area contributed by atoms with Crippen LogP contribution >= 0.6 is 0 Å². The minimum atomic E-state index is -3.84. The van der Waals surface area contributed by atoms with E-state index in [1.54, 1.807) is 42.5 Å². The molecule has 25 heavy (non-hydrogen) atoms. The lowest BCUT2D eigenvalue weighted by molar-refractivity contribution is -0.138. The fraction of sp³-hybridized carbons (Fsp3) is 0.105. The topological polar surface area (TPSA) is 74.7 Å². The Bertz CT molecular complexity index is 1090. The molecule has 6 heteroatoms. The summed E-state index contributed by atoms with van der Waals surface area (Å²) in [7, 11) is -3.84. The molecule has 3 aromatic rings. The molecule has 4 rings (SSSR count). The number of rotatable bonds is 3. The number of sulfonamides is 1. The van der Waals surface area contributed by atoms with Crippen LogP contribution in [-0.2, 0) is 14.8 Å². The highest BCUT2D eigenvalue weighted by molar-refractivity contribution is 7.92. The average molecular weight is 353 g/mol. The number of nitrogens with zero attached hydrogens (tertiary/aromatic N) is 1. The lowest BCUT2D eigenvalue weighted by atomic mass is 10.0. The van der Waals surface area contributed by atoms with Gasteiger partial charge in [-0.2, -0.15) is 0 Å². The molecule has 0 spiro atoms. The second-order valence-corrected chi connectivity index (χ2v) is 7.86. The summed E-state index contributed by atoms with van der Waals surface area (Å²) in [6.07, 6.45) is 0. The molecule has 0 bridgehead atoms. The van der Waals surface area contributed by atoms with E-state index in [0.29, 0.717) is 11.3 Å². The van der Waals surface area contributed by atoms with Crippen LogP contribution in [0.3, 0.4) is 0 Å². The van der Waals surface area contributed by atoms with Crippen molar-refractivity contribution in [1.82, 2.24) is 0 Å². The van der Waals surface area contributed by atoms with E-state index in [-0.39, 0.29) is 11.4 Å². The molecule has 0 radical (unpaired) electrons. The van der Waals surface area contributed by atoms with Crippen LogP contribution in [0.5, 0.6) is 0 Å². The third kappa shape index (κ3) is 2.46. The van der Waals surface area contributed by atoms with Crippen LogP contribution < -0.4 is 4.31 Å². The van der Waals surface area contributed by atoms with E-state index < -0.39 is 21.9 Å². The van der Waals surface area contributed by atoms with Gasteiger partial charge in [-0.1, -0.05) is 48.5 Å². The van der Waals surface area contributed by atoms with Gasteiger partial charge in [0.25, 0.3) is 10.0 Å². The van der Waals surface area contributed by atoms with Crippen LogP contribution in [0.25, 0.3) is 10.8 Å². The molecule has 5 nitrogen and oxygen atoms in total. The lowest BCUT2D eigenvalue weighted by Gasteiger charge is -2.20. The van der Waals surface area contributed by atoms with E-state index in [1.165, 1.54) is 4.31 Å². The van der Waals surface area contributed by atoms with Crippen LogP contribution in [0.15, 0.2) is 71.6 Å². The maximum Gasteiger partial charge on any atom is 0.312 e. The van der Waals surface area contributed by atoms with Crippen molar-refractivity contribution in [3.05, 3.63) is 72.3 Å². The molecule has 1 atom stereocenters. The van der Waals surface area contributed by atoms with Gasteiger partial charge >= 0.3 is 5.97 Å². The molecule has 0 aromatic heterocycles. The molecule has 0 saturated heterocycles. The maximum atomic E-state index is 13.1. The van der Waals surface area contributed by atoms with Gasteiger partial charge < -0.3 is 5.11 Å². The van der Waals surface area contributed by atoms with Crippen LogP contribution in [0.1, 0.15) is 11.5 Å². The first-order valence-corrected chi connectivity index (χ1v) is 9.26. The zero-order valence-electron chi connectivity index (χ0n) is 13.2. The maximum absolute atomic E-state index is 13.1. The van der Waals surface area contributed by atoms with E-state index in [9.17, 15) is 18.3 Å². The van der Waals surface area contributed by atoms with Crippen molar-refractivity contribution >= 4 is 32.5 Å². The Morgan fingerprint density at radius 1 is 0.960 bits per heavy atom. The number of hydrogen-bond acceptors (Lipinski definition) is 3. The van der Waals surface area contributed by atoms with E-state index in [0.717, 1.165) is 10.8 Å². The second kappa shape index (κ2) is 5.60. The lowest BCUT2D eigenvalue weighted by Crippen LogP contribution is -2.31. The van der Waals surface area contributed by atoms with Gasteiger partial charge in [0.1, 0.15) is 5.92 Å². The minimum absolute atomic E-state index is 0.0934. The molecule has 1 aliphatic rings. The van der Waals surface area contributed by atoms with E-state index in [4.69, 9.17) is 0 Å². The molecule has 0 amide bonds. The molecule has 0 fully saturated rings. The van der Waals surface area contributed by atoms with Gasteiger partial charge in [0.05, 0.1) is 17.1 Å². The highest BCUT2D eigenvalue weighted by Gasteiger charge is 2.39. The summed E-state index contributed by atoms with van der Waals surface area (Å²) in [5, 5.41) is 11.2. The first-order valence-electron chi connectivity index (χ1n) is 7.82. The molecule has 126 valence electrons. The predicted molar refractivity (Wildman–Crippen MR) is 95.3 cm³/mol. The summed E-state index contributed by atoms with van der Waals surface area (Å²) < 4.78 is 27.5. The van der Waals surface area contributed by atoms with Crippen molar-refractivity contribution < 1.29 is 18.3 Å². The van der Waals surface area contributed by atoms with Gasteiger partial charge in [0.2, 0.25) is 0 Å². The van der Waals surface area contributed by atoms with Crippen molar-refractivity contribution in [2.24, 2.45) is 0 Å². The Labute approximate surface area is 145 Å². The molecular formula is C19H15NO4S. The summed E-state index contributed by atoms with van der Waals surface area (Å²) in [5.41, 5.74) is 0.961. The Kier molecular flexibility index (Phi) is 3.51. The smallest absolute Gasteiger partial charge is 0.312 e. The summed E-state index contributed by atoms with van der Waals surface area (Å²) in [4.78, 5) is 11.7. The monoisotopic (exact) mass is 353 g/mol. The SMILES string of the molecule is O=C(O)C1CN(S(=O)(=O)c2ccc3ccccc3c2)c2ccccc21. The molecule has 1 heterocycles. The second-order valence-electron chi connectivity index (χ2n) is 5.99. The predicted octanol–water partition coefficient (Wildman–Crippen LogP) is 3.22. The first-order chi connectivity index (χ1) is 12.0. The Hall–Kier alpha value is -2.86. The van der Waals surface area contributed by atoms with Crippen molar-refractivity contribution in [3.63, 3.8) is 0 Å². The normalized spacial score (nSPS) is 16.8. The number of carboxylic acids is 1. The highest BCUT2D eigenvalue weighted by Crippen LogP contribution is 2.39. The van der Waals surface area contributed by atoms with Gasteiger partial charge in [-0.25, -0.2) is 8.42 Å². The molecule has 1 unspecified atom stereocenters. The van der Waals surface area contributed by atoms with Crippen molar-refractivity contribution in [2.45, 2.75) is 10.8 Å². The van der Waals surface area contributed by atoms with Crippen LogP contribution in [0.2, 0.25) is 0 Å². The number of benzene rings is 3. The standard InChI is InChI=1S/C19H15NO4S/c21-19(22)17-12-20(18-8-4-3-7-16(17)18)25(23,24)15-10-9-13-5-1-2-6-14(13)11-15/h1-11,17H,12H2,(H,21,22). The average Bonchev–Trinajstić information content (AvgIpc) is 3.02. The van der Waals surface area contributed by atoms with Crippen LogP contribution in [0, 0.1) is 0 Å². The molecule has 3 aromatic carbocycles. The Balaban J connectivity index is 1.84. The summed E-state index contributed by atoms with van der Waals surface area (Å²) >= 11 is 0. The van der Waals surface area contributed by atoms with Gasteiger partial charge in [-0.3, -0.25) is 9.10 Å². The number of carboxylic acid groups (broad SMARTS) is 1. The molecular weight excluding hydrogens is 338 g/mol. The van der Waals surface area contributed by atoms with Gasteiger partial charge in [-0.15, -0.1) is 0 Å². The van der Waals surface area contributed by atoms with Gasteiger partial charge in [0, 0.05) is 0 Å². The number of carbonyl (C=O) groups is 1. The molecule has 1 aliphatic heterocycles. The zero-order valence-corrected chi connectivity index (χ0v) is 14.0. The number of anilines is 1. The highest BCUT2D eigenvalue weighted by atomic mass is 32.2. The third-order valence-electron chi connectivity index (χ3n) is 4.54. The first kappa shape index (κ1) is 15.7. The van der Waals surface area contributed by atoms with E-state index in [2.05, 4.69) is 0 Å². The Morgan fingerprint density at radius 2 is 1.64 bits per heavy atom. The van der Waals surface area contributed by atoms with Crippen molar-refractivity contribution in [3.8, 4) is 0 Å². The summed E-state index contributed by atoms with van der Waals surface area (Å²) in [6.45, 7) is -0.0934. The Morgan fingerprint density at radius 3 is 2.40 bits per heavy atom. The summed E-state index contributed by atoms with van der Waals surface area (Å²) in [6, 6.07) is 19.2. The van der Waals surface area contributed by atoms with E-state index >= 15 is 0 Å². The van der Waals surface area contributed by atoms with Gasteiger partial charge in [0.15, 0.2) is 0 Å². The number of fused-ring (bicyclic) bond motifs is 2. The number of hydrogen-bond donors (Lipinski definition) is 1.